The number of thiophene rings is 1. The maximum Gasteiger partial charge on any atom is 0.150 e. The Labute approximate surface area is 150 Å². The number of hydrogen-bond donors (Lipinski definition) is 0. The maximum absolute atomic E-state index is 4.73. The number of pyridine rings is 1. The summed E-state index contributed by atoms with van der Waals surface area (Å²) < 4.78 is 1.15. The van der Waals surface area contributed by atoms with Crippen molar-refractivity contribution in [1.82, 2.24) is 15.0 Å². The summed E-state index contributed by atoms with van der Waals surface area (Å²) in [5, 5.41) is 1.17. The number of benzene rings is 1. The van der Waals surface area contributed by atoms with Gasteiger partial charge in [0.25, 0.3) is 0 Å². The maximum atomic E-state index is 4.73. The monoisotopic (exact) mass is 346 g/mol. The lowest BCUT2D eigenvalue weighted by Gasteiger charge is -2.29. The van der Waals surface area contributed by atoms with Gasteiger partial charge in [-0.3, -0.25) is 0 Å². The SMILES string of the molecule is Cc1cc(C)c2c(n1)sc1c(N3CCc4ccccc4C3)ncnc12. The lowest BCUT2D eigenvalue weighted by Crippen LogP contribution is -2.31. The highest BCUT2D eigenvalue weighted by atomic mass is 32.1. The summed E-state index contributed by atoms with van der Waals surface area (Å²) in [6.45, 7) is 6.08. The minimum atomic E-state index is 0.905. The van der Waals surface area contributed by atoms with Crippen molar-refractivity contribution in [2.24, 2.45) is 0 Å². The zero-order valence-electron chi connectivity index (χ0n) is 14.3. The van der Waals surface area contributed by atoms with Gasteiger partial charge in [0.1, 0.15) is 17.0 Å². The second-order valence-electron chi connectivity index (χ2n) is 6.68. The Balaban J connectivity index is 1.69. The van der Waals surface area contributed by atoms with E-state index < -0.39 is 0 Å². The van der Waals surface area contributed by atoms with Gasteiger partial charge in [-0.2, -0.15) is 0 Å². The predicted octanol–water partition coefficient (Wildman–Crippen LogP) is 4.42. The van der Waals surface area contributed by atoms with E-state index in [1.807, 2.05) is 6.92 Å². The third kappa shape index (κ3) is 2.30. The van der Waals surface area contributed by atoms with Crippen LogP contribution in [0.1, 0.15) is 22.4 Å². The van der Waals surface area contributed by atoms with Crippen LogP contribution >= 0.6 is 11.3 Å². The highest BCUT2D eigenvalue weighted by Gasteiger charge is 2.22. The Morgan fingerprint density at radius 1 is 1.08 bits per heavy atom. The molecule has 0 atom stereocenters. The molecule has 1 aliphatic heterocycles. The molecule has 0 saturated carbocycles. The molecule has 25 heavy (non-hydrogen) atoms. The molecule has 0 radical (unpaired) electrons. The van der Waals surface area contributed by atoms with Crippen molar-refractivity contribution < 1.29 is 0 Å². The first-order chi connectivity index (χ1) is 12.2. The average molecular weight is 346 g/mol. The zero-order valence-corrected chi connectivity index (χ0v) is 15.1. The summed E-state index contributed by atoms with van der Waals surface area (Å²) in [7, 11) is 0. The average Bonchev–Trinajstić information content (AvgIpc) is 2.99. The van der Waals surface area contributed by atoms with Crippen LogP contribution in [0.3, 0.4) is 0 Å². The minimum absolute atomic E-state index is 0.905. The molecule has 5 heteroatoms. The summed E-state index contributed by atoms with van der Waals surface area (Å²) in [4.78, 5) is 17.4. The van der Waals surface area contributed by atoms with E-state index in [-0.39, 0.29) is 0 Å². The first-order valence-corrected chi connectivity index (χ1v) is 9.35. The summed E-state index contributed by atoms with van der Waals surface area (Å²) >= 11 is 1.71. The van der Waals surface area contributed by atoms with Gasteiger partial charge in [0.15, 0.2) is 0 Å². The van der Waals surface area contributed by atoms with Crippen molar-refractivity contribution in [3.05, 3.63) is 59.0 Å². The zero-order chi connectivity index (χ0) is 17.0. The van der Waals surface area contributed by atoms with Crippen LogP contribution in [0.15, 0.2) is 36.7 Å². The van der Waals surface area contributed by atoms with Gasteiger partial charge < -0.3 is 4.90 Å². The normalized spacial score (nSPS) is 14.2. The van der Waals surface area contributed by atoms with Gasteiger partial charge in [-0.25, -0.2) is 15.0 Å². The fourth-order valence-corrected chi connectivity index (χ4v) is 5.07. The van der Waals surface area contributed by atoms with E-state index in [0.717, 1.165) is 46.1 Å². The first-order valence-electron chi connectivity index (χ1n) is 8.54. The molecular formula is C20H18N4S. The van der Waals surface area contributed by atoms with E-state index in [1.165, 1.54) is 22.1 Å². The Morgan fingerprint density at radius 2 is 1.92 bits per heavy atom. The number of rotatable bonds is 1. The molecule has 3 aromatic heterocycles. The van der Waals surface area contributed by atoms with E-state index >= 15 is 0 Å². The molecule has 4 nitrogen and oxygen atoms in total. The Bertz CT molecular complexity index is 1120. The summed E-state index contributed by atoms with van der Waals surface area (Å²) in [5.41, 5.74) is 6.18. The van der Waals surface area contributed by atoms with Gasteiger partial charge in [-0.1, -0.05) is 24.3 Å². The number of hydrogen-bond acceptors (Lipinski definition) is 5. The van der Waals surface area contributed by atoms with Crippen molar-refractivity contribution >= 4 is 37.6 Å². The molecule has 1 aromatic carbocycles. The van der Waals surface area contributed by atoms with E-state index in [2.05, 4.69) is 52.1 Å². The number of aryl methyl sites for hydroxylation is 2. The molecule has 0 bridgehead atoms. The van der Waals surface area contributed by atoms with Crippen LogP contribution in [0.2, 0.25) is 0 Å². The largest absolute Gasteiger partial charge is 0.351 e. The first kappa shape index (κ1) is 14.8. The van der Waals surface area contributed by atoms with Crippen LogP contribution in [0, 0.1) is 13.8 Å². The van der Waals surface area contributed by atoms with Gasteiger partial charge in [0, 0.05) is 24.2 Å². The molecule has 124 valence electrons. The smallest absolute Gasteiger partial charge is 0.150 e. The molecular weight excluding hydrogens is 328 g/mol. The molecule has 0 aliphatic carbocycles. The number of anilines is 1. The number of nitrogens with zero attached hydrogens (tertiary/aromatic N) is 4. The van der Waals surface area contributed by atoms with E-state index in [9.17, 15) is 0 Å². The van der Waals surface area contributed by atoms with Crippen LogP contribution in [-0.4, -0.2) is 21.5 Å². The second-order valence-corrected chi connectivity index (χ2v) is 7.68. The Kier molecular flexibility index (Phi) is 3.25. The molecule has 0 N–H and O–H groups in total. The van der Waals surface area contributed by atoms with Gasteiger partial charge in [-0.05, 0) is 43.0 Å². The molecule has 0 spiro atoms. The second kappa shape index (κ2) is 5.49. The van der Waals surface area contributed by atoms with Gasteiger partial charge in [0.05, 0.1) is 10.2 Å². The van der Waals surface area contributed by atoms with E-state index in [0.29, 0.717) is 0 Å². The van der Waals surface area contributed by atoms with Gasteiger partial charge >= 0.3 is 0 Å². The minimum Gasteiger partial charge on any atom is -0.351 e. The fraction of sp³-hybridized carbons (Fsp3) is 0.250. The third-order valence-electron chi connectivity index (χ3n) is 4.96. The topological polar surface area (TPSA) is 41.9 Å². The van der Waals surface area contributed by atoms with Crippen LogP contribution < -0.4 is 4.90 Å². The Hall–Kier alpha value is -2.53. The highest BCUT2D eigenvalue weighted by molar-refractivity contribution is 7.26. The van der Waals surface area contributed by atoms with Gasteiger partial charge in [-0.15, -0.1) is 11.3 Å². The summed E-state index contributed by atoms with van der Waals surface area (Å²) in [6.07, 6.45) is 2.76. The van der Waals surface area contributed by atoms with Crippen LogP contribution in [-0.2, 0) is 13.0 Å². The molecule has 0 fully saturated rings. The summed E-state index contributed by atoms with van der Waals surface area (Å²) in [6, 6.07) is 10.8. The number of fused-ring (bicyclic) bond motifs is 4. The van der Waals surface area contributed by atoms with Crippen LogP contribution in [0.4, 0.5) is 5.82 Å². The Morgan fingerprint density at radius 3 is 2.80 bits per heavy atom. The molecule has 5 rings (SSSR count). The quantitative estimate of drug-likeness (QED) is 0.512. The van der Waals surface area contributed by atoms with Crippen molar-refractivity contribution in [2.75, 3.05) is 11.4 Å². The molecule has 4 aromatic rings. The van der Waals surface area contributed by atoms with Crippen LogP contribution in [0.5, 0.6) is 0 Å². The molecule has 0 unspecified atom stereocenters. The van der Waals surface area contributed by atoms with Crippen molar-refractivity contribution in [3.63, 3.8) is 0 Å². The molecule has 4 heterocycles. The summed E-state index contributed by atoms with van der Waals surface area (Å²) in [5.74, 6) is 1.04. The molecule has 0 saturated heterocycles. The third-order valence-corrected chi connectivity index (χ3v) is 6.03. The fourth-order valence-electron chi connectivity index (χ4n) is 3.80. The lowest BCUT2D eigenvalue weighted by molar-refractivity contribution is 0.723. The van der Waals surface area contributed by atoms with E-state index in [1.54, 1.807) is 17.7 Å². The lowest BCUT2D eigenvalue weighted by atomic mass is 10.00. The molecule has 1 aliphatic rings. The standard InChI is InChI=1S/C20H18N4S/c1-12-9-13(2)23-20-16(12)17-18(25-20)19(22-11-21-17)24-8-7-14-5-3-4-6-15(14)10-24/h3-6,9,11H,7-8,10H2,1-2H3. The predicted molar refractivity (Wildman–Crippen MR) is 103 cm³/mol. The van der Waals surface area contributed by atoms with Crippen molar-refractivity contribution in [1.29, 1.82) is 0 Å². The van der Waals surface area contributed by atoms with E-state index in [4.69, 9.17) is 4.98 Å². The molecule has 0 amide bonds. The van der Waals surface area contributed by atoms with Crippen molar-refractivity contribution in [3.8, 4) is 0 Å². The number of aromatic nitrogens is 3. The van der Waals surface area contributed by atoms with Crippen LogP contribution in [0.25, 0.3) is 20.4 Å². The highest BCUT2D eigenvalue weighted by Crippen LogP contribution is 2.39. The van der Waals surface area contributed by atoms with Gasteiger partial charge in [0.2, 0.25) is 0 Å². The van der Waals surface area contributed by atoms with Crippen molar-refractivity contribution in [2.45, 2.75) is 26.8 Å².